The van der Waals surface area contributed by atoms with Gasteiger partial charge in [-0.2, -0.15) is 0 Å². The van der Waals surface area contributed by atoms with Crippen molar-refractivity contribution in [1.82, 2.24) is 31.5 Å². The van der Waals surface area contributed by atoms with Crippen LogP contribution < -0.4 is 32.3 Å². The Morgan fingerprint density at radius 1 is 1.03 bits per heavy atom. The second-order valence-electron chi connectivity index (χ2n) is 10.5. The zero-order chi connectivity index (χ0) is 26.9. The summed E-state index contributed by atoms with van der Waals surface area (Å²) in [6.07, 6.45) is -4.14. The number of hydrogen-bond acceptors (Lipinski definition) is 11. The fraction of sp³-hybridized carbons (Fsp3) is 0.519. The summed E-state index contributed by atoms with van der Waals surface area (Å²) in [7, 11) is 0. The second kappa shape index (κ2) is 11.5. The summed E-state index contributed by atoms with van der Waals surface area (Å²) in [6, 6.07) is 16.4. The summed E-state index contributed by atoms with van der Waals surface area (Å²) >= 11 is 0. The monoisotopic (exact) mass is 539 g/mol. The van der Waals surface area contributed by atoms with Crippen LogP contribution in [0.4, 0.5) is 4.79 Å². The Morgan fingerprint density at radius 2 is 1.74 bits per heavy atom. The van der Waals surface area contributed by atoms with E-state index >= 15 is 0 Å². The Kier molecular flexibility index (Phi) is 7.80. The van der Waals surface area contributed by atoms with E-state index in [2.05, 4.69) is 50.8 Å². The minimum atomic E-state index is -1.05. The number of ether oxygens (including phenoxy) is 2. The van der Waals surface area contributed by atoms with Gasteiger partial charge in [0.05, 0.1) is 25.0 Å². The molecule has 1 aliphatic carbocycles. The highest BCUT2D eigenvalue weighted by Crippen LogP contribution is 2.44. The molecule has 7 atom stereocenters. The van der Waals surface area contributed by atoms with Crippen molar-refractivity contribution in [1.29, 1.82) is 0 Å². The van der Waals surface area contributed by atoms with Crippen molar-refractivity contribution in [2.45, 2.75) is 48.8 Å². The first-order chi connectivity index (χ1) is 19.0. The van der Waals surface area contributed by atoms with Gasteiger partial charge in [-0.15, -0.1) is 0 Å². The van der Waals surface area contributed by atoms with E-state index < -0.39 is 30.6 Å². The molecule has 3 heterocycles. The Bertz CT molecular complexity index is 1130. The minimum absolute atomic E-state index is 0.0125. The number of nitrogens with one attached hydrogen (secondary N) is 5. The highest BCUT2D eigenvalue weighted by Gasteiger charge is 2.51. The molecule has 3 saturated heterocycles. The van der Waals surface area contributed by atoms with Crippen LogP contribution in [0.2, 0.25) is 0 Å². The summed E-state index contributed by atoms with van der Waals surface area (Å²) in [5.74, 6) is 0.0125. The summed E-state index contributed by atoms with van der Waals surface area (Å²) in [5, 5.41) is 37.0. The molecule has 12 heteroatoms. The number of aliphatic hydroxyl groups excluding tert-OH is 2. The SMILES string of the molecule is NC1NCNC2C1NCN2[C@@H]1O[C@H](CNCCNC(=O)OCC2c3ccccc3-c3ccccc32)[C@@H](O)[C@H]1O. The van der Waals surface area contributed by atoms with Gasteiger partial charge in [0.1, 0.15) is 31.1 Å². The number of benzene rings is 2. The lowest BCUT2D eigenvalue weighted by Gasteiger charge is -2.38. The van der Waals surface area contributed by atoms with Crippen LogP contribution in [0.3, 0.4) is 0 Å². The second-order valence-corrected chi connectivity index (χ2v) is 10.5. The molecule has 3 fully saturated rings. The van der Waals surface area contributed by atoms with Crippen molar-refractivity contribution in [3.8, 4) is 11.1 Å². The van der Waals surface area contributed by atoms with Crippen LogP contribution in [0.5, 0.6) is 0 Å². The van der Waals surface area contributed by atoms with E-state index in [9.17, 15) is 15.0 Å². The lowest BCUT2D eigenvalue weighted by molar-refractivity contribution is -0.102. The van der Waals surface area contributed by atoms with E-state index in [1.165, 1.54) is 22.3 Å². The predicted molar refractivity (Wildman–Crippen MR) is 143 cm³/mol. The molecule has 0 saturated carbocycles. The quantitative estimate of drug-likeness (QED) is 0.185. The number of nitrogens with two attached hydrogens (primary N) is 1. The topological polar surface area (TPSA) is 165 Å². The molecule has 6 rings (SSSR count). The molecule has 210 valence electrons. The molecule has 4 aliphatic rings. The minimum Gasteiger partial charge on any atom is -0.449 e. The number of aliphatic hydroxyl groups is 2. The summed E-state index contributed by atoms with van der Waals surface area (Å²) in [5.41, 5.74) is 10.8. The van der Waals surface area contributed by atoms with Crippen LogP contribution >= 0.6 is 0 Å². The number of nitrogens with zero attached hydrogens (tertiary/aromatic N) is 1. The third-order valence-corrected chi connectivity index (χ3v) is 8.17. The summed E-state index contributed by atoms with van der Waals surface area (Å²) in [6.45, 7) is 2.42. The smallest absolute Gasteiger partial charge is 0.407 e. The van der Waals surface area contributed by atoms with Gasteiger partial charge in [0.25, 0.3) is 0 Å². The first-order valence-corrected chi connectivity index (χ1v) is 13.6. The van der Waals surface area contributed by atoms with E-state index in [1.54, 1.807) is 0 Å². The van der Waals surface area contributed by atoms with Crippen LogP contribution in [0.15, 0.2) is 48.5 Å². The molecule has 3 aliphatic heterocycles. The van der Waals surface area contributed by atoms with Crippen LogP contribution in [-0.2, 0) is 9.47 Å². The van der Waals surface area contributed by atoms with E-state index in [4.69, 9.17) is 15.2 Å². The number of carbonyl (C=O) groups is 1. The van der Waals surface area contributed by atoms with Gasteiger partial charge in [-0.25, -0.2) is 9.69 Å². The van der Waals surface area contributed by atoms with Crippen LogP contribution in [0.25, 0.3) is 11.1 Å². The van der Waals surface area contributed by atoms with Gasteiger partial charge in [0.2, 0.25) is 0 Å². The van der Waals surface area contributed by atoms with E-state index in [-0.39, 0.29) is 30.9 Å². The summed E-state index contributed by atoms with van der Waals surface area (Å²) < 4.78 is 11.6. The lowest BCUT2D eigenvalue weighted by Crippen LogP contribution is -2.68. The molecular weight excluding hydrogens is 502 g/mol. The van der Waals surface area contributed by atoms with Crippen molar-refractivity contribution in [2.75, 3.05) is 39.6 Å². The highest BCUT2D eigenvalue weighted by molar-refractivity contribution is 5.79. The molecule has 2 aromatic rings. The Balaban J connectivity index is 0.929. The Labute approximate surface area is 227 Å². The summed E-state index contributed by atoms with van der Waals surface area (Å²) in [4.78, 5) is 14.3. The van der Waals surface area contributed by atoms with Crippen molar-refractivity contribution in [3.63, 3.8) is 0 Å². The fourth-order valence-corrected chi connectivity index (χ4v) is 6.17. The largest absolute Gasteiger partial charge is 0.449 e. The Hall–Kier alpha value is -2.65. The van der Waals surface area contributed by atoms with Gasteiger partial charge in [-0.05, 0) is 22.3 Å². The number of carbonyl (C=O) groups excluding carboxylic acids is 1. The molecule has 0 bridgehead atoms. The van der Waals surface area contributed by atoms with E-state index in [0.717, 1.165) is 0 Å². The first kappa shape index (κ1) is 26.6. The molecule has 39 heavy (non-hydrogen) atoms. The lowest BCUT2D eigenvalue weighted by atomic mass is 9.98. The van der Waals surface area contributed by atoms with Crippen molar-refractivity contribution in [2.24, 2.45) is 5.73 Å². The van der Waals surface area contributed by atoms with Gasteiger partial charge < -0.3 is 36.1 Å². The molecule has 0 aromatic heterocycles. The van der Waals surface area contributed by atoms with Crippen molar-refractivity contribution >= 4 is 6.09 Å². The first-order valence-electron chi connectivity index (χ1n) is 13.6. The third-order valence-electron chi connectivity index (χ3n) is 8.17. The molecule has 12 nitrogen and oxygen atoms in total. The predicted octanol–water partition coefficient (Wildman–Crippen LogP) is -1.45. The highest BCUT2D eigenvalue weighted by atomic mass is 16.6. The number of hydrogen-bond donors (Lipinski definition) is 8. The van der Waals surface area contributed by atoms with Crippen LogP contribution in [-0.4, -0.2) is 104 Å². The molecule has 0 spiro atoms. The van der Waals surface area contributed by atoms with Gasteiger partial charge in [0, 0.05) is 32.2 Å². The van der Waals surface area contributed by atoms with E-state index in [0.29, 0.717) is 33.0 Å². The number of amides is 1. The maximum absolute atomic E-state index is 12.4. The maximum atomic E-state index is 12.4. The van der Waals surface area contributed by atoms with Gasteiger partial charge in [-0.3, -0.25) is 16.0 Å². The van der Waals surface area contributed by atoms with E-state index in [1.807, 2.05) is 29.2 Å². The Morgan fingerprint density at radius 3 is 2.49 bits per heavy atom. The fourth-order valence-electron chi connectivity index (χ4n) is 6.17. The van der Waals surface area contributed by atoms with Crippen molar-refractivity contribution < 1.29 is 24.5 Å². The number of alkyl carbamates (subject to hydrolysis) is 1. The normalized spacial score (nSPS) is 32.0. The zero-order valence-corrected chi connectivity index (χ0v) is 21.6. The van der Waals surface area contributed by atoms with Crippen LogP contribution in [0, 0.1) is 0 Å². The van der Waals surface area contributed by atoms with Gasteiger partial charge in [-0.1, -0.05) is 48.5 Å². The molecule has 1 amide bonds. The average molecular weight is 540 g/mol. The maximum Gasteiger partial charge on any atom is 0.407 e. The van der Waals surface area contributed by atoms with Crippen LogP contribution in [0.1, 0.15) is 17.0 Å². The average Bonchev–Trinajstić information content (AvgIpc) is 3.61. The van der Waals surface area contributed by atoms with Gasteiger partial charge in [0.15, 0.2) is 0 Å². The molecular formula is C27H37N7O5. The number of rotatable bonds is 8. The molecule has 3 unspecified atom stereocenters. The molecule has 2 aromatic carbocycles. The number of fused-ring (bicyclic) bond motifs is 4. The molecule has 9 N–H and O–H groups in total. The molecule has 0 radical (unpaired) electrons. The third kappa shape index (κ3) is 5.15. The zero-order valence-electron chi connectivity index (χ0n) is 21.6. The van der Waals surface area contributed by atoms with Crippen molar-refractivity contribution in [3.05, 3.63) is 59.7 Å². The standard InChI is InChI=1S/C27H37N7O5/c28-24-21-25(32-13-31-24)34(14-33-21)26-23(36)22(35)20(39-26)11-29-9-10-30-27(37)38-12-19-17-7-3-1-5-15(17)16-6-2-4-8-18(16)19/h1-8,19-26,29,31-33,35-36H,9-14,28H2,(H,30,37)/t20-,21?,22-,23-,24?,25?,26-/m1/s1. The van der Waals surface area contributed by atoms with Gasteiger partial charge >= 0.3 is 6.09 Å².